The van der Waals surface area contributed by atoms with Crippen molar-refractivity contribution in [1.82, 2.24) is 9.62 Å². The molecule has 2 atom stereocenters. The van der Waals surface area contributed by atoms with Crippen LogP contribution in [-0.4, -0.2) is 25.4 Å². The summed E-state index contributed by atoms with van der Waals surface area (Å²) in [5.74, 6) is -0.207. The summed E-state index contributed by atoms with van der Waals surface area (Å²) in [6.45, 7) is 4.09. The van der Waals surface area contributed by atoms with E-state index in [-0.39, 0.29) is 11.8 Å². The number of hydrogen-bond acceptors (Lipinski definition) is 3. The van der Waals surface area contributed by atoms with Crippen molar-refractivity contribution in [3.8, 4) is 0 Å². The Morgan fingerprint density at radius 3 is 2.47 bits per heavy atom. The average molecular weight is 348 g/mol. The summed E-state index contributed by atoms with van der Waals surface area (Å²) >= 11 is 17.4. The molecule has 0 aromatic carbocycles. The molecule has 3 amide bonds. The number of amides is 3. The van der Waals surface area contributed by atoms with Gasteiger partial charge in [0.1, 0.15) is 6.04 Å². The van der Waals surface area contributed by atoms with Gasteiger partial charge >= 0.3 is 6.03 Å². The molecule has 0 saturated carbocycles. The monoisotopic (exact) mass is 346 g/mol. The molecule has 0 aliphatic carbocycles. The second-order valence-electron chi connectivity index (χ2n) is 4.41. The number of halogens is 3. The summed E-state index contributed by atoms with van der Waals surface area (Å²) in [6, 6.07) is -1.02. The fourth-order valence-electron chi connectivity index (χ4n) is 2.06. The van der Waals surface area contributed by atoms with Crippen LogP contribution in [-0.2, 0) is 4.79 Å². The van der Waals surface area contributed by atoms with Crippen molar-refractivity contribution < 1.29 is 9.59 Å². The van der Waals surface area contributed by atoms with Gasteiger partial charge in [0.25, 0.3) is 9.03 Å². The predicted octanol–water partition coefficient (Wildman–Crippen LogP) is 4.10. The summed E-state index contributed by atoms with van der Waals surface area (Å²) in [5.41, 5.74) is 0. The van der Waals surface area contributed by atoms with Crippen LogP contribution in [0.15, 0.2) is 0 Å². The molecule has 4 nitrogen and oxygen atoms in total. The van der Waals surface area contributed by atoms with Crippen LogP contribution in [0, 0.1) is 5.92 Å². The molecule has 1 fully saturated rings. The molecule has 0 aromatic heterocycles. The van der Waals surface area contributed by atoms with Crippen LogP contribution in [0.3, 0.4) is 0 Å². The number of urea groups is 1. The Hall–Kier alpha value is 0.160. The van der Waals surface area contributed by atoms with Gasteiger partial charge in [-0.2, -0.15) is 4.31 Å². The van der Waals surface area contributed by atoms with Crippen molar-refractivity contribution in [3.05, 3.63) is 0 Å². The zero-order valence-corrected chi connectivity index (χ0v) is 13.9. The van der Waals surface area contributed by atoms with Gasteiger partial charge in [-0.3, -0.25) is 4.79 Å². The van der Waals surface area contributed by atoms with Crippen molar-refractivity contribution in [2.45, 2.75) is 48.7 Å². The lowest BCUT2D eigenvalue weighted by Gasteiger charge is -2.20. The van der Waals surface area contributed by atoms with E-state index in [2.05, 4.69) is 12.2 Å². The number of carbonyl (C=O) groups excluding carboxylic acids is 2. The fraction of sp³-hybridized carbons (Fsp3) is 0.818. The normalized spacial score (nSPS) is 21.7. The molecule has 0 unspecified atom stereocenters. The number of nitrogens with zero attached hydrogens (tertiary/aromatic N) is 1. The topological polar surface area (TPSA) is 49.4 Å². The summed E-state index contributed by atoms with van der Waals surface area (Å²) < 4.78 is -0.820. The molecule has 19 heavy (non-hydrogen) atoms. The Morgan fingerprint density at radius 2 is 2.00 bits per heavy atom. The number of unbranched alkanes of at least 4 members (excludes halogenated alkanes) is 1. The molecule has 1 heterocycles. The molecule has 8 heteroatoms. The first kappa shape index (κ1) is 17.2. The van der Waals surface area contributed by atoms with Gasteiger partial charge < -0.3 is 5.32 Å². The van der Waals surface area contributed by atoms with Crippen molar-refractivity contribution in [1.29, 1.82) is 0 Å². The number of rotatable bonds is 6. The predicted molar refractivity (Wildman–Crippen MR) is 80.4 cm³/mol. The maximum atomic E-state index is 12.2. The van der Waals surface area contributed by atoms with Crippen LogP contribution in [0.4, 0.5) is 4.79 Å². The molecular weight excluding hydrogens is 331 g/mol. The Kier molecular flexibility index (Phi) is 6.57. The Bertz CT molecular complexity index is 349. The molecule has 1 aliphatic rings. The van der Waals surface area contributed by atoms with Crippen molar-refractivity contribution in [2.24, 2.45) is 5.92 Å². The Balaban J connectivity index is 2.73. The standard InChI is InChI=1S/C11H17Cl3N2O2S/c1-3-5-6-7(4-2)8-9(17)16(10(18)15-8)19-11(12,13)14/h7-8H,3-6H2,1-2H3,(H,15,18)/t7-,8+/m1/s1. The van der Waals surface area contributed by atoms with E-state index in [1.807, 2.05) is 6.92 Å². The first-order chi connectivity index (χ1) is 8.80. The average Bonchev–Trinajstić information content (AvgIpc) is 2.57. The number of carbonyl (C=O) groups is 2. The van der Waals surface area contributed by atoms with E-state index in [1.54, 1.807) is 0 Å². The number of hydrogen-bond donors (Lipinski definition) is 1. The molecule has 110 valence electrons. The van der Waals surface area contributed by atoms with E-state index in [4.69, 9.17) is 34.8 Å². The van der Waals surface area contributed by atoms with E-state index >= 15 is 0 Å². The highest BCUT2D eigenvalue weighted by molar-refractivity contribution is 8.03. The van der Waals surface area contributed by atoms with Crippen LogP contribution in [0.25, 0.3) is 0 Å². The molecular formula is C11H17Cl3N2O2S. The minimum atomic E-state index is -1.73. The zero-order valence-electron chi connectivity index (χ0n) is 10.8. The zero-order chi connectivity index (χ0) is 14.6. The lowest BCUT2D eigenvalue weighted by Crippen LogP contribution is -2.36. The molecule has 0 bridgehead atoms. The molecule has 0 radical (unpaired) electrons. The number of nitrogens with one attached hydrogen (secondary N) is 1. The van der Waals surface area contributed by atoms with Gasteiger partial charge in [0.15, 0.2) is 0 Å². The van der Waals surface area contributed by atoms with Crippen LogP contribution >= 0.6 is 46.8 Å². The van der Waals surface area contributed by atoms with E-state index in [0.29, 0.717) is 11.9 Å². The van der Waals surface area contributed by atoms with E-state index in [9.17, 15) is 9.59 Å². The third kappa shape index (κ3) is 4.88. The van der Waals surface area contributed by atoms with Crippen molar-refractivity contribution in [2.75, 3.05) is 0 Å². The third-order valence-electron chi connectivity index (χ3n) is 3.05. The lowest BCUT2D eigenvalue weighted by molar-refractivity contribution is -0.125. The molecule has 1 N–H and O–H groups in total. The molecule has 1 rings (SSSR count). The molecule has 0 aromatic rings. The maximum Gasteiger partial charge on any atom is 0.335 e. The highest BCUT2D eigenvalue weighted by Gasteiger charge is 2.45. The Labute approximate surface area is 132 Å². The van der Waals surface area contributed by atoms with Gasteiger partial charge in [-0.15, -0.1) is 0 Å². The summed E-state index contributed by atoms with van der Waals surface area (Å²) in [4.78, 5) is 24.0. The second-order valence-corrected chi connectivity index (χ2v) is 8.52. The highest BCUT2D eigenvalue weighted by atomic mass is 35.6. The summed E-state index contributed by atoms with van der Waals surface area (Å²) in [6.07, 6.45) is 3.80. The van der Waals surface area contributed by atoms with E-state index < -0.39 is 15.2 Å². The molecule has 0 spiro atoms. The Morgan fingerprint density at radius 1 is 1.37 bits per heavy atom. The number of alkyl halides is 3. The smallest absolute Gasteiger partial charge is 0.325 e. The number of imide groups is 1. The minimum Gasteiger partial charge on any atom is -0.325 e. The van der Waals surface area contributed by atoms with Crippen LogP contribution < -0.4 is 5.32 Å². The van der Waals surface area contributed by atoms with Crippen molar-refractivity contribution in [3.63, 3.8) is 0 Å². The van der Waals surface area contributed by atoms with Gasteiger partial charge in [-0.25, -0.2) is 4.79 Å². The van der Waals surface area contributed by atoms with Crippen molar-refractivity contribution >= 4 is 58.7 Å². The van der Waals surface area contributed by atoms with Gasteiger partial charge in [0.05, 0.1) is 0 Å². The lowest BCUT2D eigenvalue weighted by atomic mass is 9.91. The highest BCUT2D eigenvalue weighted by Crippen LogP contribution is 2.42. The molecule has 1 saturated heterocycles. The quantitative estimate of drug-likeness (QED) is 0.447. The first-order valence-electron chi connectivity index (χ1n) is 6.20. The van der Waals surface area contributed by atoms with Gasteiger partial charge in [0.2, 0.25) is 0 Å². The van der Waals surface area contributed by atoms with Crippen LogP contribution in [0.5, 0.6) is 0 Å². The minimum absolute atomic E-state index is 0.123. The largest absolute Gasteiger partial charge is 0.335 e. The third-order valence-corrected chi connectivity index (χ3v) is 4.41. The first-order valence-corrected chi connectivity index (χ1v) is 8.11. The van der Waals surface area contributed by atoms with Gasteiger partial charge in [-0.05, 0) is 12.3 Å². The van der Waals surface area contributed by atoms with Gasteiger partial charge in [0, 0.05) is 11.9 Å². The SMILES string of the molecule is CCCC[C@@H](CC)[C@@H]1NC(=O)N(SC(Cl)(Cl)Cl)C1=O. The summed E-state index contributed by atoms with van der Waals surface area (Å²) in [5, 5.41) is 2.68. The fourth-order valence-corrected chi connectivity index (χ4v) is 3.23. The van der Waals surface area contributed by atoms with Gasteiger partial charge in [-0.1, -0.05) is 67.9 Å². The van der Waals surface area contributed by atoms with Crippen LogP contribution in [0.2, 0.25) is 0 Å². The van der Waals surface area contributed by atoms with E-state index in [0.717, 1.165) is 30.0 Å². The molecule has 1 aliphatic heterocycles. The second kappa shape index (κ2) is 7.25. The summed E-state index contributed by atoms with van der Waals surface area (Å²) in [7, 11) is 0. The maximum absolute atomic E-state index is 12.2. The van der Waals surface area contributed by atoms with Crippen LogP contribution in [0.1, 0.15) is 39.5 Å². The van der Waals surface area contributed by atoms with E-state index in [1.165, 1.54) is 0 Å².